The highest BCUT2D eigenvalue weighted by atomic mass is 35.5. The fourth-order valence-electron chi connectivity index (χ4n) is 2.29. The number of aryl methyl sites for hydroxylation is 2. The number of benzene rings is 1. The molecule has 0 aliphatic carbocycles. The first-order valence-corrected chi connectivity index (χ1v) is 9.85. The molecule has 1 saturated heterocycles. The number of nitrogens with one attached hydrogen (secondary N) is 1. The number of alkyl halides is 1. The highest BCUT2D eigenvalue weighted by molar-refractivity contribution is 8.00. The summed E-state index contributed by atoms with van der Waals surface area (Å²) in [6, 6.07) is 5.58. The third-order valence-corrected chi connectivity index (χ3v) is 6.87. The molecule has 1 aliphatic heterocycles. The summed E-state index contributed by atoms with van der Waals surface area (Å²) >= 11 is 7.41. The number of thioether (sulfide) groups is 1. The minimum atomic E-state index is -3.12. The molecule has 1 aliphatic rings. The number of amides is 1. The van der Waals surface area contributed by atoms with Crippen LogP contribution in [0.25, 0.3) is 0 Å². The van der Waals surface area contributed by atoms with E-state index in [4.69, 9.17) is 11.6 Å². The average Bonchev–Trinajstić information content (AvgIpc) is 2.61. The molecule has 0 spiro atoms. The third-order valence-electron chi connectivity index (χ3n) is 3.32. The lowest BCUT2D eigenvalue weighted by molar-refractivity contribution is -0.119. The standard InChI is InChI=1S/C14H18ClNO3S2/c1-9-3-4-13(10(2)5-9)20-6-14(17)16-12-8-21(18,19)7-11(12)15/h3-5,11-12H,6-8H2,1-2H3,(H,16,17)/t11-,12+/m1/s1. The Hall–Kier alpha value is -0.720. The first-order chi connectivity index (χ1) is 9.77. The maximum atomic E-state index is 11.9. The predicted molar refractivity (Wildman–Crippen MR) is 86.9 cm³/mol. The van der Waals surface area contributed by atoms with Crippen molar-refractivity contribution in [3.05, 3.63) is 29.3 Å². The molecule has 0 saturated carbocycles. The molecule has 0 radical (unpaired) electrons. The van der Waals surface area contributed by atoms with E-state index in [1.165, 1.54) is 17.3 Å². The molecule has 1 N–H and O–H groups in total. The number of carbonyl (C=O) groups is 1. The van der Waals surface area contributed by atoms with Crippen molar-refractivity contribution in [1.29, 1.82) is 0 Å². The molecule has 1 aromatic rings. The number of sulfone groups is 1. The van der Waals surface area contributed by atoms with Crippen molar-refractivity contribution >= 4 is 39.1 Å². The van der Waals surface area contributed by atoms with Crippen LogP contribution >= 0.6 is 23.4 Å². The van der Waals surface area contributed by atoms with Gasteiger partial charge in [0.15, 0.2) is 9.84 Å². The van der Waals surface area contributed by atoms with Gasteiger partial charge in [-0.3, -0.25) is 4.79 Å². The van der Waals surface area contributed by atoms with E-state index in [9.17, 15) is 13.2 Å². The van der Waals surface area contributed by atoms with Crippen molar-refractivity contribution in [3.8, 4) is 0 Å². The van der Waals surface area contributed by atoms with E-state index < -0.39 is 21.3 Å². The number of hydrogen-bond donors (Lipinski definition) is 1. The van der Waals surface area contributed by atoms with Gasteiger partial charge >= 0.3 is 0 Å². The van der Waals surface area contributed by atoms with Gasteiger partial charge in [0.2, 0.25) is 5.91 Å². The molecule has 1 amide bonds. The number of rotatable bonds is 4. The van der Waals surface area contributed by atoms with Crippen LogP contribution in [0.15, 0.2) is 23.1 Å². The van der Waals surface area contributed by atoms with Crippen LogP contribution in [-0.2, 0) is 14.6 Å². The molecule has 2 rings (SSSR count). The largest absolute Gasteiger partial charge is 0.350 e. The molecule has 2 atom stereocenters. The Morgan fingerprint density at radius 1 is 1.38 bits per heavy atom. The number of carbonyl (C=O) groups excluding carboxylic acids is 1. The molecule has 1 fully saturated rings. The van der Waals surface area contributed by atoms with E-state index in [1.807, 2.05) is 26.0 Å². The predicted octanol–water partition coefficient (Wildman–Crippen LogP) is 1.92. The molecule has 7 heteroatoms. The van der Waals surface area contributed by atoms with E-state index >= 15 is 0 Å². The van der Waals surface area contributed by atoms with Crippen molar-refractivity contribution in [2.24, 2.45) is 0 Å². The van der Waals surface area contributed by atoms with Crippen molar-refractivity contribution < 1.29 is 13.2 Å². The number of hydrogen-bond acceptors (Lipinski definition) is 4. The molecule has 0 aromatic heterocycles. The van der Waals surface area contributed by atoms with Crippen LogP contribution in [-0.4, -0.2) is 43.0 Å². The van der Waals surface area contributed by atoms with Crippen LogP contribution in [0, 0.1) is 13.8 Å². The van der Waals surface area contributed by atoms with Crippen molar-refractivity contribution in [2.75, 3.05) is 17.3 Å². The third kappa shape index (κ3) is 4.63. The molecule has 0 unspecified atom stereocenters. The van der Waals surface area contributed by atoms with Crippen LogP contribution in [0.3, 0.4) is 0 Å². The highest BCUT2D eigenvalue weighted by Crippen LogP contribution is 2.23. The van der Waals surface area contributed by atoms with E-state index in [1.54, 1.807) is 0 Å². The maximum absolute atomic E-state index is 11.9. The van der Waals surface area contributed by atoms with Crippen LogP contribution in [0.1, 0.15) is 11.1 Å². The van der Waals surface area contributed by atoms with Crippen LogP contribution in [0.5, 0.6) is 0 Å². The summed E-state index contributed by atoms with van der Waals surface area (Å²) in [6.45, 7) is 4.03. The SMILES string of the molecule is Cc1ccc(SCC(=O)N[C@H]2CS(=O)(=O)C[C@H]2Cl)c(C)c1. The Balaban J connectivity index is 1.88. The van der Waals surface area contributed by atoms with Gasteiger partial charge in [0, 0.05) is 4.90 Å². The van der Waals surface area contributed by atoms with E-state index in [2.05, 4.69) is 11.4 Å². The van der Waals surface area contributed by atoms with Gasteiger partial charge in [-0.05, 0) is 25.5 Å². The zero-order chi connectivity index (χ0) is 15.6. The second-order valence-corrected chi connectivity index (χ2v) is 9.06. The molecular formula is C14H18ClNO3S2. The maximum Gasteiger partial charge on any atom is 0.230 e. The lowest BCUT2D eigenvalue weighted by Crippen LogP contribution is -2.41. The monoisotopic (exact) mass is 347 g/mol. The van der Waals surface area contributed by atoms with Crippen LogP contribution in [0.4, 0.5) is 0 Å². The quantitative estimate of drug-likeness (QED) is 0.667. The Morgan fingerprint density at radius 2 is 2.10 bits per heavy atom. The molecule has 0 bridgehead atoms. The normalized spacial score (nSPS) is 24.0. The van der Waals surface area contributed by atoms with Gasteiger partial charge in [-0.2, -0.15) is 0 Å². The first kappa shape index (κ1) is 16.6. The highest BCUT2D eigenvalue weighted by Gasteiger charge is 2.37. The van der Waals surface area contributed by atoms with Gasteiger partial charge < -0.3 is 5.32 Å². The summed E-state index contributed by atoms with van der Waals surface area (Å²) in [5.74, 6) is -0.0673. The van der Waals surface area contributed by atoms with Gasteiger partial charge in [0.05, 0.1) is 28.7 Å². The van der Waals surface area contributed by atoms with Crippen LogP contribution < -0.4 is 5.32 Å². The summed E-state index contributed by atoms with van der Waals surface area (Å²) in [6.07, 6.45) is 0. The molecule has 1 aromatic carbocycles. The minimum Gasteiger partial charge on any atom is -0.350 e. The lowest BCUT2D eigenvalue weighted by Gasteiger charge is -2.14. The zero-order valence-corrected chi connectivity index (χ0v) is 14.3. The van der Waals surface area contributed by atoms with Gasteiger partial charge in [-0.15, -0.1) is 23.4 Å². The molecule has 4 nitrogen and oxygen atoms in total. The smallest absolute Gasteiger partial charge is 0.230 e. The van der Waals surface area contributed by atoms with Gasteiger partial charge in [0.25, 0.3) is 0 Å². The molecular weight excluding hydrogens is 330 g/mol. The van der Waals surface area contributed by atoms with Crippen molar-refractivity contribution in [3.63, 3.8) is 0 Å². The first-order valence-electron chi connectivity index (χ1n) is 6.61. The Kier molecular flexibility index (Phi) is 5.22. The summed E-state index contributed by atoms with van der Waals surface area (Å²) in [5.41, 5.74) is 2.31. The zero-order valence-electron chi connectivity index (χ0n) is 11.9. The Labute approximate surface area is 134 Å². The molecule has 21 heavy (non-hydrogen) atoms. The second-order valence-electron chi connectivity index (χ2n) is 5.32. The average molecular weight is 348 g/mol. The van der Waals surface area contributed by atoms with E-state index in [0.717, 1.165) is 10.5 Å². The number of halogens is 1. The fraction of sp³-hybridized carbons (Fsp3) is 0.500. The molecule has 1 heterocycles. The Bertz CT molecular complexity index is 646. The van der Waals surface area contributed by atoms with Crippen LogP contribution in [0.2, 0.25) is 0 Å². The summed E-state index contributed by atoms with van der Waals surface area (Å²) in [4.78, 5) is 13.0. The van der Waals surface area contributed by atoms with E-state index in [-0.39, 0.29) is 23.2 Å². The lowest BCUT2D eigenvalue weighted by atomic mass is 10.2. The topological polar surface area (TPSA) is 63.2 Å². The van der Waals surface area contributed by atoms with Gasteiger partial charge in [0.1, 0.15) is 0 Å². The van der Waals surface area contributed by atoms with Gasteiger partial charge in [-0.25, -0.2) is 8.42 Å². The summed E-state index contributed by atoms with van der Waals surface area (Å²) in [5, 5.41) is 2.18. The van der Waals surface area contributed by atoms with Crippen molar-refractivity contribution in [1.82, 2.24) is 5.32 Å². The molecule has 116 valence electrons. The Morgan fingerprint density at radius 3 is 2.67 bits per heavy atom. The van der Waals surface area contributed by atoms with E-state index in [0.29, 0.717) is 0 Å². The fourth-order valence-corrected chi connectivity index (χ4v) is 5.66. The second kappa shape index (κ2) is 6.58. The van der Waals surface area contributed by atoms with Crippen molar-refractivity contribution in [2.45, 2.75) is 30.2 Å². The van der Waals surface area contributed by atoms with Gasteiger partial charge in [-0.1, -0.05) is 17.7 Å². The summed E-state index contributed by atoms with van der Waals surface area (Å²) < 4.78 is 22.9. The summed E-state index contributed by atoms with van der Waals surface area (Å²) in [7, 11) is -3.12. The minimum absolute atomic E-state index is 0.0658.